The Bertz CT molecular complexity index is 3620. The number of halogens is 6. The number of carbonyl (C=O) groups excluding carboxylic acids is 1. The molecule has 0 unspecified atom stereocenters. The maximum atomic E-state index is 13.5. The number of azo groups is 1. The van der Waals surface area contributed by atoms with Crippen LogP contribution < -0.4 is 9.86 Å². The number of primary sulfonamides is 1. The third-order valence-electron chi connectivity index (χ3n) is 10.8. The van der Waals surface area contributed by atoms with Crippen LogP contribution in [-0.2, 0) is 43.6 Å². The zero-order valence-corrected chi connectivity index (χ0v) is 40.2. The van der Waals surface area contributed by atoms with Crippen LogP contribution in [0.3, 0.4) is 0 Å². The van der Waals surface area contributed by atoms with Crippen molar-refractivity contribution in [1.82, 2.24) is 24.3 Å². The second kappa shape index (κ2) is 21.3. The van der Waals surface area contributed by atoms with Gasteiger partial charge in [0, 0.05) is 17.5 Å². The van der Waals surface area contributed by atoms with E-state index in [2.05, 4.69) is 20.4 Å². The van der Waals surface area contributed by atoms with Gasteiger partial charge < -0.3 is 10.2 Å². The lowest BCUT2D eigenvalue weighted by Crippen LogP contribution is -2.30. The molecule has 6 aromatic carbocycles. The normalized spacial score (nSPS) is 12.1. The van der Waals surface area contributed by atoms with Gasteiger partial charge in [-0.2, -0.15) is 46.8 Å². The average molecular weight is 1060 g/mol. The van der Waals surface area contributed by atoms with E-state index in [-0.39, 0.29) is 56.6 Å². The number of hydrogen-bond donors (Lipinski definition) is 4. The monoisotopic (exact) mass is 1060 g/mol. The molecule has 74 heavy (non-hydrogen) atoms. The highest BCUT2D eigenvalue weighted by atomic mass is 32.2. The number of hydrogen-bond acceptors (Lipinski definition) is 11. The summed E-state index contributed by atoms with van der Waals surface area (Å²) < 4.78 is 133. The highest BCUT2D eigenvalue weighted by Crippen LogP contribution is 2.36. The number of amides is 1. The van der Waals surface area contributed by atoms with Gasteiger partial charge in [-0.15, -0.1) is 0 Å². The molecule has 2 heterocycles. The first-order valence-corrected chi connectivity index (χ1v) is 24.6. The van der Waals surface area contributed by atoms with E-state index in [0.29, 0.717) is 22.4 Å². The number of aryl methyl sites for hydroxylation is 3. The first-order valence-electron chi connectivity index (χ1n) is 21.6. The molecule has 0 aliphatic rings. The number of carboxylic acids is 1. The minimum absolute atomic E-state index is 0.0774. The first kappa shape index (κ1) is 53.3. The van der Waals surface area contributed by atoms with Crippen LogP contribution in [0.15, 0.2) is 172 Å². The number of benzene rings is 6. The standard InChI is InChI=1S/C33H26F3N5O6S.C17H14F3N3O2S/c1-20-6-8-22(9-7-20)28-19-30(33(34,35)36)39-41(28)24-12-14-25(15-13-24)48(46,47)40-31(43)17-10-21-4-2-3-5-27(21)38-37-23-11-16-29(42)26(18-23)32(44)45;1-11-2-4-12(5-3-11)15-10-16(17(18,19)20)22-23(15)13-6-8-14(9-7-13)26(21,24)25/h2-9,11-16,18-19,42H,10,17H2,1H3,(H,40,43)(H,44,45);2-10H,1H3,(H2,21,24,25). The zero-order chi connectivity index (χ0) is 53.8. The van der Waals surface area contributed by atoms with Crippen molar-refractivity contribution in [3.05, 3.63) is 185 Å². The number of carbonyl (C=O) groups is 2. The molecule has 0 fully saturated rings. The van der Waals surface area contributed by atoms with E-state index in [1.54, 1.807) is 72.8 Å². The van der Waals surface area contributed by atoms with Gasteiger partial charge in [-0.1, -0.05) is 77.9 Å². The van der Waals surface area contributed by atoms with Gasteiger partial charge in [-0.3, -0.25) is 4.79 Å². The molecular formula is C50H40F6N8O8S2. The van der Waals surface area contributed by atoms with Crippen molar-refractivity contribution in [2.45, 2.75) is 48.8 Å². The average Bonchev–Trinajstić information content (AvgIpc) is 4.01. The van der Waals surface area contributed by atoms with Crippen LogP contribution in [0.25, 0.3) is 33.9 Å². The maximum absolute atomic E-state index is 13.5. The number of sulfonamides is 2. The number of alkyl halides is 6. The van der Waals surface area contributed by atoms with Gasteiger partial charge in [-0.25, -0.2) is 40.9 Å². The fourth-order valence-electron chi connectivity index (χ4n) is 7.03. The molecule has 0 atom stereocenters. The van der Waals surface area contributed by atoms with Crippen LogP contribution in [0, 0.1) is 13.8 Å². The Hall–Kier alpha value is -8.48. The van der Waals surface area contributed by atoms with Crippen molar-refractivity contribution in [3.63, 3.8) is 0 Å². The number of nitrogens with two attached hydrogens (primary N) is 1. The third-order valence-corrected chi connectivity index (χ3v) is 13.2. The van der Waals surface area contributed by atoms with Gasteiger partial charge in [0.2, 0.25) is 15.9 Å². The summed E-state index contributed by atoms with van der Waals surface area (Å²) >= 11 is 0. The molecule has 16 nitrogen and oxygen atoms in total. The molecule has 0 bridgehead atoms. The SMILES string of the molecule is Cc1ccc(-c2cc(C(F)(F)F)nn2-c2ccc(S(=O)(=O)NC(=O)CCc3ccccc3N=Nc3ccc(O)c(C(=O)O)c3)cc2)cc1.Cc1ccc(-c2cc(C(F)(F)F)nn2-c2ccc(S(N)(=O)=O)cc2)cc1. The van der Waals surface area contributed by atoms with Gasteiger partial charge in [0.15, 0.2) is 11.4 Å². The predicted octanol–water partition coefficient (Wildman–Crippen LogP) is 10.6. The maximum Gasteiger partial charge on any atom is 0.435 e. The molecule has 0 aliphatic heterocycles. The van der Waals surface area contributed by atoms with Gasteiger partial charge in [-0.05, 0) is 111 Å². The summed E-state index contributed by atoms with van der Waals surface area (Å²) in [5, 5.41) is 39.4. The van der Waals surface area contributed by atoms with E-state index in [4.69, 9.17) is 5.14 Å². The highest BCUT2D eigenvalue weighted by molar-refractivity contribution is 7.90. The van der Waals surface area contributed by atoms with Gasteiger partial charge in [0.1, 0.15) is 11.3 Å². The molecule has 8 rings (SSSR count). The molecule has 0 spiro atoms. The molecule has 0 aliphatic carbocycles. The first-order chi connectivity index (χ1) is 34.8. The van der Waals surface area contributed by atoms with Crippen molar-refractivity contribution in [2.24, 2.45) is 15.4 Å². The van der Waals surface area contributed by atoms with Crippen molar-refractivity contribution in [1.29, 1.82) is 0 Å². The second-order valence-corrected chi connectivity index (χ2v) is 19.5. The lowest BCUT2D eigenvalue weighted by Gasteiger charge is -2.11. The minimum atomic E-state index is -4.71. The number of rotatable bonds is 13. The lowest BCUT2D eigenvalue weighted by molar-refractivity contribution is -0.142. The smallest absolute Gasteiger partial charge is 0.435 e. The fraction of sp³-hybridized carbons (Fsp3) is 0.120. The summed E-state index contributed by atoms with van der Waals surface area (Å²) in [7, 11) is -8.24. The number of carboxylic acid groups (broad SMARTS) is 1. The Morgan fingerprint density at radius 3 is 1.57 bits per heavy atom. The van der Waals surface area contributed by atoms with Crippen LogP contribution in [0.4, 0.5) is 37.7 Å². The van der Waals surface area contributed by atoms with Crippen molar-refractivity contribution in [3.8, 4) is 39.6 Å². The predicted molar refractivity (Wildman–Crippen MR) is 258 cm³/mol. The van der Waals surface area contributed by atoms with E-state index in [1.165, 1.54) is 48.5 Å². The number of nitrogens with zero attached hydrogens (tertiary/aromatic N) is 6. The van der Waals surface area contributed by atoms with Crippen molar-refractivity contribution < 1.29 is 63.0 Å². The van der Waals surface area contributed by atoms with Crippen LogP contribution in [-0.4, -0.2) is 58.5 Å². The lowest BCUT2D eigenvalue weighted by atomic mass is 10.1. The van der Waals surface area contributed by atoms with Crippen molar-refractivity contribution >= 4 is 43.3 Å². The summed E-state index contributed by atoms with van der Waals surface area (Å²) in [6, 6.07) is 36.0. The third kappa shape index (κ3) is 12.9. The molecule has 0 saturated carbocycles. The summed E-state index contributed by atoms with van der Waals surface area (Å²) in [5.41, 5.74) is 2.31. The number of aromatic hydroxyl groups is 1. The van der Waals surface area contributed by atoms with Crippen LogP contribution in [0.5, 0.6) is 5.75 Å². The molecule has 24 heteroatoms. The number of aromatic carboxylic acids is 1. The molecule has 382 valence electrons. The fourth-order valence-corrected chi connectivity index (χ4v) is 8.56. The van der Waals surface area contributed by atoms with Crippen LogP contribution in [0.2, 0.25) is 0 Å². The van der Waals surface area contributed by atoms with E-state index >= 15 is 0 Å². The summed E-state index contributed by atoms with van der Waals surface area (Å²) in [6.07, 6.45) is -9.49. The Morgan fingerprint density at radius 1 is 0.635 bits per heavy atom. The molecule has 2 aromatic heterocycles. The number of aromatic nitrogens is 4. The summed E-state index contributed by atoms with van der Waals surface area (Å²) in [6.45, 7) is 3.71. The highest BCUT2D eigenvalue weighted by Gasteiger charge is 2.36. The Labute approximate surface area is 418 Å². The Morgan fingerprint density at radius 2 is 1.11 bits per heavy atom. The van der Waals surface area contributed by atoms with Gasteiger partial charge in [0.05, 0.1) is 43.9 Å². The largest absolute Gasteiger partial charge is 0.507 e. The zero-order valence-electron chi connectivity index (χ0n) is 38.5. The topological polar surface area (TPSA) is 241 Å². The molecule has 5 N–H and O–H groups in total. The summed E-state index contributed by atoms with van der Waals surface area (Å²) in [5.74, 6) is -2.59. The minimum Gasteiger partial charge on any atom is -0.507 e. The van der Waals surface area contributed by atoms with Gasteiger partial charge >= 0.3 is 18.3 Å². The molecule has 1 amide bonds. The Kier molecular flexibility index (Phi) is 15.4. The van der Waals surface area contributed by atoms with Gasteiger partial charge in [0.25, 0.3) is 10.0 Å². The van der Waals surface area contributed by atoms with E-state index in [0.717, 1.165) is 50.8 Å². The molecule has 8 aromatic rings. The summed E-state index contributed by atoms with van der Waals surface area (Å²) in [4.78, 5) is 23.5. The van der Waals surface area contributed by atoms with Crippen molar-refractivity contribution in [2.75, 3.05) is 0 Å². The Balaban J connectivity index is 0.000000258. The molecule has 0 saturated heterocycles. The molecular weight excluding hydrogens is 1020 g/mol. The van der Waals surface area contributed by atoms with E-state index in [9.17, 15) is 63.0 Å². The van der Waals surface area contributed by atoms with E-state index < -0.39 is 61.4 Å². The number of nitrogens with one attached hydrogen (secondary N) is 1. The van der Waals surface area contributed by atoms with Crippen LogP contribution in [0.1, 0.15) is 44.9 Å². The second-order valence-electron chi connectivity index (χ2n) is 16.3. The van der Waals surface area contributed by atoms with Crippen LogP contribution >= 0.6 is 0 Å². The van der Waals surface area contributed by atoms with E-state index in [1.807, 2.05) is 18.6 Å². The molecule has 0 radical (unpaired) electrons. The number of phenols is 1. The quantitative estimate of drug-likeness (QED) is 0.0629.